The van der Waals surface area contributed by atoms with E-state index >= 15 is 0 Å². The van der Waals surface area contributed by atoms with Crippen molar-refractivity contribution < 1.29 is 8.81 Å². The molecule has 2 heterocycles. The minimum atomic E-state index is -0.281. The summed E-state index contributed by atoms with van der Waals surface area (Å²) in [5, 5.41) is 0. The Morgan fingerprint density at radius 3 is 3.00 bits per heavy atom. The first-order valence-electron chi connectivity index (χ1n) is 7.91. The summed E-state index contributed by atoms with van der Waals surface area (Å²) >= 11 is 0. The van der Waals surface area contributed by atoms with Gasteiger partial charge in [-0.1, -0.05) is 12.5 Å². The Morgan fingerprint density at radius 1 is 1.35 bits per heavy atom. The molecule has 4 nitrogen and oxygen atoms in total. The van der Waals surface area contributed by atoms with Crippen LogP contribution >= 0.6 is 12.4 Å². The van der Waals surface area contributed by atoms with E-state index in [-0.39, 0.29) is 18.2 Å². The molecule has 23 heavy (non-hydrogen) atoms. The molecular weight excluding hydrogens is 317 g/mol. The molecule has 2 N–H and O–H groups in total. The van der Waals surface area contributed by atoms with Gasteiger partial charge in [0.05, 0.1) is 5.69 Å². The Balaban J connectivity index is 0.00000192. The van der Waals surface area contributed by atoms with Crippen molar-refractivity contribution in [1.29, 1.82) is 0 Å². The van der Waals surface area contributed by atoms with Gasteiger partial charge >= 0.3 is 0 Å². The summed E-state index contributed by atoms with van der Waals surface area (Å²) in [6.07, 6.45) is 6.39. The summed E-state index contributed by atoms with van der Waals surface area (Å²) in [5.74, 6) is 0.193. The van der Waals surface area contributed by atoms with Crippen LogP contribution in [0.3, 0.4) is 0 Å². The number of hydrogen-bond donors (Lipinski definition) is 1. The Labute approximate surface area is 142 Å². The zero-order valence-corrected chi connectivity index (χ0v) is 13.9. The number of oxazole rings is 1. The highest BCUT2D eigenvalue weighted by atomic mass is 35.5. The van der Waals surface area contributed by atoms with Gasteiger partial charge in [-0.15, -0.1) is 12.4 Å². The van der Waals surface area contributed by atoms with E-state index in [1.54, 1.807) is 18.4 Å². The molecule has 1 aliphatic rings. The fourth-order valence-electron chi connectivity index (χ4n) is 3.13. The van der Waals surface area contributed by atoms with Crippen molar-refractivity contribution in [2.24, 2.45) is 5.73 Å². The average molecular weight is 340 g/mol. The number of nitrogens with two attached hydrogens (primary N) is 1. The van der Waals surface area contributed by atoms with Crippen LogP contribution in [0.1, 0.15) is 31.4 Å². The largest absolute Gasteiger partial charge is 0.444 e. The molecule has 3 rings (SSSR count). The fourth-order valence-corrected chi connectivity index (χ4v) is 3.13. The lowest BCUT2D eigenvalue weighted by Crippen LogP contribution is -2.40. The molecule has 0 aliphatic carbocycles. The van der Waals surface area contributed by atoms with Gasteiger partial charge in [0.15, 0.2) is 0 Å². The number of likely N-dealkylation sites (tertiary alicyclic amines) is 1. The van der Waals surface area contributed by atoms with Crippen LogP contribution in [0.2, 0.25) is 0 Å². The minimum Gasteiger partial charge on any atom is -0.444 e. The van der Waals surface area contributed by atoms with Crippen LogP contribution in [0.25, 0.3) is 11.5 Å². The fraction of sp³-hybridized carbons (Fsp3) is 0.471. The lowest BCUT2D eigenvalue weighted by atomic mass is 9.99. The molecular formula is C17H23ClFN3O. The zero-order chi connectivity index (χ0) is 15.4. The van der Waals surface area contributed by atoms with Gasteiger partial charge in [-0.2, -0.15) is 0 Å². The molecule has 2 aromatic rings. The average Bonchev–Trinajstić information content (AvgIpc) is 2.98. The summed E-state index contributed by atoms with van der Waals surface area (Å²) in [5.41, 5.74) is 7.27. The number of aromatic nitrogens is 1. The van der Waals surface area contributed by atoms with E-state index in [1.165, 1.54) is 31.4 Å². The number of rotatable bonds is 5. The second kappa shape index (κ2) is 8.43. The van der Waals surface area contributed by atoms with Gasteiger partial charge in [-0.05, 0) is 50.6 Å². The standard InChI is InChI=1S/C17H22FN3O.ClH/c18-14-5-3-4-13(10-14)17-20-15(12-22-17)11-21-9-2-1-6-16(21)7-8-19;/h3-5,10,12,16H,1-2,6-9,11,19H2;1H. The summed E-state index contributed by atoms with van der Waals surface area (Å²) in [6, 6.07) is 6.85. The van der Waals surface area contributed by atoms with Crippen LogP contribution in [0.4, 0.5) is 4.39 Å². The van der Waals surface area contributed by atoms with Crippen molar-refractivity contribution in [2.45, 2.75) is 38.3 Å². The van der Waals surface area contributed by atoms with Gasteiger partial charge in [0.25, 0.3) is 0 Å². The smallest absolute Gasteiger partial charge is 0.226 e. The molecule has 0 amide bonds. The van der Waals surface area contributed by atoms with Crippen LogP contribution in [-0.4, -0.2) is 29.0 Å². The molecule has 126 valence electrons. The molecule has 1 saturated heterocycles. The first-order chi connectivity index (χ1) is 10.8. The van der Waals surface area contributed by atoms with Crippen LogP contribution in [-0.2, 0) is 6.54 Å². The van der Waals surface area contributed by atoms with E-state index in [1.807, 2.05) is 0 Å². The monoisotopic (exact) mass is 339 g/mol. The number of benzene rings is 1. The predicted molar refractivity (Wildman–Crippen MR) is 90.9 cm³/mol. The highest BCUT2D eigenvalue weighted by molar-refractivity contribution is 5.85. The van der Waals surface area contributed by atoms with Gasteiger partial charge in [0.1, 0.15) is 12.1 Å². The maximum absolute atomic E-state index is 13.3. The van der Waals surface area contributed by atoms with E-state index < -0.39 is 0 Å². The predicted octanol–water partition coefficient (Wildman–Crippen LogP) is 3.61. The lowest BCUT2D eigenvalue weighted by molar-refractivity contribution is 0.132. The topological polar surface area (TPSA) is 55.3 Å². The van der Waals surface area contributed by atoms with E-state index in [2.05, 4.69) is 9.88 Å². The summed E-state index contributed by atoms with van der Waals surface area (Å²) in [4.78, 5) is 6.94. The van der Waals surface area contributed by atoms with E-state index in [0.29, 0.717) is 24.0 Å². The summed E-state index contributed by atoms with van der Waals surface area (Å²) in [7, 11) is 0. The van der Waals surface area contributed by atoms with E-state index in [9.17, 15) is 4.39 Å². The third-order valence-electron chi connectivity index (χ3n) is 4.24. The van der Waals surface area contributed by atoms with Gasteiger partial charge in [0, 0.05) is 18.2 Å². The molecule has 1 aromatic heterocycles. The molecule has 0 bridgehead atoms. The molecule has 0 spiro atoms. The summed E-state index contributed by atoms with van der Waals surface area (Å²) < 4.78 is 18.8. The first-order valence-corrected chi connectivity index (χ1v) is 7.91. The number of nitrogens with zero attached hydrogens (tertiary/aromatic N) is 2. The first kappa shape index (κ1) is 17.9. The zero-order valence-electron chi connectivity index (χ0n) is 13.1. The van der Waals surface area contributed by atoms with Crippen LogP contribution in [0, 0.1) is 5.82 Å². The van der Waals surface area contributed by atoms with Crippen molar-refractivity contribution in [1.82, 2.24) is 9.88 Å². The number of piperidine rings is 1. The Hall–Kier alpha value is -1.43. The van der Waals surface area contributed by atoms with Crippen LogP contribution < -0.4 is 5.73 Å². The van der Waals surface area contributed by atoms with Gasteiger partial charge in [-0.25, -0.2) is 9.37 Å². The van der Waals surface area contributed by atoms with Gasteiger partial charge < -0.3 is 10.2 Å². The second-order valence-electron chi connectivity index (χ2n) is 5.85. The van der Waals surface area contributed by atoms with Crippen molar-refractivity contribution in [3.8, 4) is 11.5 Å². The quantitative estimate of drug-likeness (QED) is 0.904. The molecule has 1 unspecified atom stereocenters. The molecule has 0 radical (unpaired) electrons. The molecule has 1 atom stereocenters. The summed E-state index contributed by atoms with van der Waals surface area (Å²) in [6.45, 7) is 2.56. The Bertz CT molecular complexity index is 617. The number of hydrogen-bond acceptors (Lipinski definition) is 4. The molecule has 1 aromatic carbocycles. The highest BCUT2D eigenvalue weighted by Crippen LogP contribution is 2.24. The van der Waals surface area contributed by atoms with Crippen molar-refractivity contribution in [3.63, 3.8) is 0 Å². The highest BCUT2D eigenvalue weighted by Gasteiger charge is 2.22. The second-order valence-corrected chi connectivity index (χ2v) is 5.85. The molecule has 1 fully saturated rings. The third kappa shape index (κ3) is 4.53. The molecule has 0 saturated carbocycles. The van der Waals surface area contributed by atoms with Gasteiger partial charge in [0.2, 0.25) is 5.89 Å². The molecule has 1 aliphatic heterocycles. The maximum atomic E-state index is 13.3. The normalized spacial score (nSPS) is 18.6. The minimum absolute atomic E-state index is 0. The van der Waals surface area contributed by atoms with E-state index in [0.717, 1.165) is 25.2 Å². The Morgan fingerprint density at radius 2 is 2.22 bits per heavy atom. The third-order valence-corrected chi connectivity index (χ3v) is 4.24. The van der Waals surface area contributed by atoms with Crippen molar-refractivity contribution >= 4 is 12.4 Å². The van der Waals surface area contributed by atoms with Gasteiger partial charge in [-0.3, -0.25) is 4.90 Å². The number of halogens is 2. The van der Waals surface area contributed by atoms with Crippen LogP contribution in [0.15, 0.2) is 34.9 Å². The van der Waals surface area contributed by atoms with E-state index in [4.69, 9.17) is 10.2 Å². The van der Waals surface area contributed by atoms with Crippen LogP contribution in [0.5, 0.6) is 0 Å². The molecule has 6 heteroatoms. The van der Waals surface area contributed by atoms with Crippen molar-refractivity contribution in [3.05, 3.63) is 42.0 Å². The SMILES string of the molecule is Cl.NCCC1CCCCN1Cc1coc(-c2cccc(F)c2)n1. The maximum Gasteiger partial charge on any atom is 0.226 e. The van der Waals surface area contributed by atoms with Crippen molar-refractivity contribution in [2.75, 3.05) is 13.1 Å². The lowest BCUT2D eigenvalue weighted by Gasteiger charge is -2.35. The Kier molecular flexibility index (Phi) is 6.57.